The quantitative estimate of drug-likeness (QED) is 0.687. The zero-order chi connectivity index (χ0) is 24.5. The van der Waals surface area contributed by atoms with Gasteiger partial charge in [-0.05, 0) is 45.9 Å². The van der Waals surface area contributed by atoms with Gasteiger partial charge in [0, 0.05) is 6.42 Å². The Morgan fingerprint density at radius 1 is 1.27 bits per heavy atom. The lowest BCUT2D eigenvalue weighted by Gasteiger charge is -2.35. The van der Waals surface area contributed by atoms with Crippen LogP contribution in [0.4, 0.5) is 23.7 Å². The Hall–Kier alpha value is -3.13. The van der Waals surface area contributed by atoms with Crippen molar-refractivity contribution in [1.82, 2.24) is 5.32 Å². The lowest BCUT2D eigenvalue weighted by molar-refractivity contribution is -0.138. The van der Waals surface area contributed by atoms with E-state index in [2.05, 4.69) is 5.32 Å². The van der Waals surface area contributed by atoms with E-state index < -0.39 is 64.3 Å². The molecule has 5 atom stereocenters. The van der Waals surface area contributed by atoms with E-state index in [4.69, 9.17) is 14.7 Å². The summed E-state index contributed by atoms with van der Waals surface area (Å²) in [7, 11) is 0. The van der Waals surface area contributed by atoms with E-state index in [0.29, 0.717) is 6.07 Å². The van der Waals surface area contributed by atoms with Gasteiger partial charge in [0.05, 0.1) is 58.1 Å². The highest BCUT2D eigenvalue weighted by molar-refractivity contribution is 6.23. The van der Waals surface area contributed by atoms with Crippen molar-refractivity contribution in [3.8, 4) is 6.07 Å². The topological polar surface area (TPSA) is 109 Å². The van der Waals surface area contributed by atoms with Crippen LogP contribution in [0, 0.1) is 23.2 Å². The minimum atomic E-state index is -4.84. The molecular weight excluding hydrogens is 443 g/mol. The molecule has 0 aromatic heterocycles. The first-order valence-electron chi connectivity index (χ1n) is 10.4. The number of benzene rings is 1. The van der Waals surface area contributed by atoms with Gasteiger partial charge in [-0.1, -0.05) is 0 Å². The number of alkyl halides is 3. The highest BCUT2D eigenvalue weighted by Gasteiger charge is 2.76. The van der Waals surface area contributed by atoms with E-state index in [1.165, 1.54) is 6.07 Å². The standard InChI is InChI=1S/C22H22F3N3O5/c1-10(2)32-19(31)27-14-8-20(3)15-16(21(14,4)33-20)18(30)28(17(15)29)12-6-5-11(9-26)13(7-12)22(23,24)25/h5-7,10,14-16H,8H2,1-4H3,(H,27,31)/t14-,15-,16+,20-,21+/m1/s1. The van der Waals surface area contributed by atoms with Crippen LogP contribution in [-0.2, 0) is 25.2 Å². The number of carbonyl (C=O) groups excluding carboxylic acids is 3. The van der Waals surface area contributed by atoms with Gasteiger partial charge < -0.3 is 14.8 Å². The van der Waals surface area contributed by atoms with Crippen LogP contribution < -0.4 is 10.2 Å². The maximum atomic E-state index is 13.4. The summed E-state index contributed by atoms with van der Waals surface area (Å²) in [4.78, 5) is 39.6. The Bertz CT molecular complexity index is 1100. The number of fused-ring (bicyclic) bond motifs is 5. The second-order valence-corrected chi connectivity index (χ2v) is 9.26. The Balaban J connectivity index is 1.70. The third-order valence-corrected chi connectivity index (χ3v) is 6.66. The molecule has 3 fully saturated rings. The molecule has 0 unspecified atom stereocenters. The molecule has 1 N–H and O–H groups in total. The number of carbonyl (C=O) groups is 3. The molecule has 0 spiro atoms. The van der Waals surface area contributed by atoms with Gasteiger partial charge >= 0.3 is 12.3 Å². The van der Waals surface area contributed by atoms with Crippen molar-refractivity contribution in [1.29, 1.82) is 5.26 Å². The first-order valence-corrected chi connectivity index (χ1v) is 10.4. The van der Waals surface area contributed by atoms with Crippen molar-refractivity contribution < 1.29 is 37.0 Å². The summed E-state index contributed by atoms with van der Waals surface area (Å²) in [6.07, 6.45) is -5.67. The van der Waals surface area contributed by atoms with Crippen molar-refractivity contribution in [3.63, 3.8) is 0 Å². The molecule has 2 bridgehead atoms. The Labute approximate surface area is 187 Å². The van der Waals surface area contributed by atoms with Gasteiger partial charge in [-0.3, -0.25) is 9.59 Å². The largest absolute Gasteiger partial charge is 0.447 e. The summed E-state index contributed by atoms with van der Waals surface area (Å²) < 4.78 is 51.5. The fraction of sp³-hybridized carbons (Fsp3) is 0.545. The number of anilines is 1. The third-order valence-electron chi connectivity index (χ3n) is 6.66. The molecule has 1 aromatic rings. The fourth-order valence-electron chi connectivity index (χ4n) is 5.40. The average molecular weight is 465 g/mol. The normalized spacial score (nSPS) is 32.8. The SMILES string of the molecule is CC(C)OC(=O)N[C@@H]1C[C@@]2(C)O[C@]1(C)[C@@H]1C(=O)N(c3ccc(C#N)c(C(F)(F)F)c3)C(=O)[C@@H]12. The molecule has 11 heteroatoms. The van der Waals surface area contributed by atoms with Crippen LogP contribution in [0.25, 0.3) is 0 Å². The van der Waals surface area contributed by atoms with E-state index in [1.807, 2.05) is 0 Å². The molecular formula is C22H22F3N3O5. The van der Waals surface area contributed by atoms with E-state index in [-0.39, 0.29) is 18.2 Å². The van der Waals surface area contributed by atoms with Gasteiger partial charge in [0.15, 0.2) is 0 Å². The summed E-state index contributed by atoms with van der Waals surface area (Å²) >= 11 is 0. The van der Waals surface area contributed by atoms with Crippen LogP contribution in [0.5, 0.6) is 0 Å². The maximum absolute atomic E-state index is 13.4. The second-order valence-electron chi connectivity index (χ2n) is 9.26. The smallest absolute Gasteiger partial charge is 0.417 e. The summed E-state index contributed by atoms with van der Waals surface area (Å²) in [5, 5.41) is 11.7. The van der Waals surface area contributed by atoms with E-state index in [0.717, 1.165) is 17.0 Å². The monoisotopic (exact) mass is 465 g/mol. The second kappa shape index (κ2) is 7.18. The van der Waals surface area contributed by atoms with Crippen LogP contribution in [0.3, 0.4) is 0 Å². The van der Waals surface area contributed by atoms with Crippen molar-refractivity contribution in [2.45, 2.75) is 63.6 Å². The van der Waals surface area contributed by atoms with Crippen LogP contribution in [-0.4, -0.2) is 41.3 Å². The maximum Gasteiger partial charge on any atom is 0.417 e. The molecule has 176 valence electrons. The fourth-order valence-corrected chi connectivity index (χ4v) is 5.40. The van der Waals surface area contributed by atoms with Crippen molar-refractivity contribution in [3.05, 3.63) is 29.3 Å². The first-order chi connectivity index (χ1) is 15.2. The van der Waals surface area contributed by atoms with E-state index >= 15 is 0 Å². The minimum Gasteiger partial charge on any atom is -0.447 e. The molecule has 3 heterocycles. The molecule has 33 heavy (non-hydrogen) atoms. The molecule has 0 saturated carbocycles. The number of ether oxygens (including phenoxy) is 2. The Morgan fingerprint density at radius 2 is 1.91 bits per heavy atom. The number of nitrogens with zero attached hydrogens (tertiary/aromatic N) is 2. The zero-order valence-electron chi connectivity index (χ0n) is 18.3. The van der Waals surface area contributed by atoms with E-state index in [9.17, 15) is 27.6 Å². The molecule has 8 nitrogen and oxygen atoms in total. The molecule has 3 aliphatic rings. The van der Waals surface area contributed by atoms with Crippen molar-refractivity contribution >= 4 is 23.6 Å². The van der Waals surface area contributed by atoms with Gasteiger partial charge in [-0.15, -0.1) is 0 Å². The van der Waals surface area contributed by atoms with Gasteiger partial charge in [0.25, 0.3) is 0 Å². The van der Waals surface area contributed by atoms with Crippen LogP contribution in [0.15, 0.2) is 18.2 Å². The number of rotatable bonds is 3. The van der Waals surface area contributed by atoms with Crippen molar-refractivity contribution in [2.75, 3.05) is 4.90 Å². The van der Waals surface area contributed by atoms with Crippen molar-refractivity contribution in [2.24, 2.45) is 11.8 Å². The van der Waals surface area contributed by atoms with Crippen LogP contribution >= 0.6 is 0 Å². The average Bonchev–Trinajstić information content (AvgIpc) is 3.21. The number of amides is 3. The lowest BCUT2D eigenvalue weighted by atomic mass is 9.66. The number of halogens is 3. The first kappa shape index (κ1) is 23.0. The molecule has 3 aliphatic heterocycles. The number of imide groups is 1. The number of hydrogen-bond acceptors (Lipinski definition) is 6. The molecule has 0 aliphatic carbocycles. The summed E-state index contributed by atoms with van der Waals surface area (Å²) in [5.74, 6) is -3.30. The van der Waals surface area contributed by atoms with Crippen LogP contribution in [0.1, 0.15) is 45.2 Å². The predicted molar refractivity (Wildman–Crippen MR) is 107 cm³/mol. The Morgan fingerprint density at radius 3 is 2.48 bits per heavy atom. The molecule has 1 aromatic carbocycles. The molecule has 0 radical (unpaired) electrons. The number of hydrogen-bond donors (Lipinski definition) is 1. The van der Waals surface area contributed by atoms with E-state index in [1.54, 1.807) is 27.7 Å². The van der Waals surface area contributed by atoms with Crippen LogP contribution in [0.2, 0.25) is 0 Å². The number of nitriles is 1. The Kier molecular flexibility index (Phi) is 5.02. The minimum absolute atomic E-state index is 0.228. The molecule has 4 rings (SSSR count). The number of nitrogens with one attached hydrogen (secondary N) is 1. The summed E-state index contributed by atoms with van der Waals surface area (Å²) in [5.41, 5.74) is -4.46. The van der Waals surface area contributed by atoms with Gasteiger partial charge in [0.1, 0.15) is 0 Å². The highest BCUT2D eigenvalue weighted by atomic mass is 19.4. The van der Waals surface area contributed by atoms with Gasteiger partial charge in [-0.25, -0.2) is 9.69 Å². The van der Waals surface area contributed by atoms with Gasteiger partial charge in [-0.2, -0.15) is 18.4 Å². The summed E-state index contributed by atoms with van der Waals surface area (Å²) in [6, 6.07) is 3.56. The molecule has 3 saturated heterocycles. The highest BCUT2D eigenvalue weighted by Crippen LogP contribution is 2.61. The number of alkyl carbamates (subject to hydrolysis) is 1. The van der Waals surface area contributed by atoms with Gasteiger partial charge in [0.2, 0.25) is 11.8 Å². The summed E-state index contributed by atoms with van der Waals surface area (Å²) in [6.45, 7) is 6.62. The third kappa shape index (κ3) is 3.35. The predicted octanol–water partition coefficient (Wildman–Crippen LogP) is 3.14. The zero-order valence-corrected chi connectivity index (χ0v) is 18.3. The molecule has 3 amide bonds. The lowest BCUT2D eigenvalue weighted by Crippen LogP contribution is -2.56.